The molecule has 4 aromatic rings. The molecule has 0 saturated heterocycles. The largest absolute Gasteiger partial charge is 0.344 e. The van der Waals surface area contributed by atoms with Crippen molar-refractivity contribution in [2.24, 2.45) is 0 Å². The summed E-state index contributed by atoms with van der Waals surface area (Å²) in [4.78, 5) is 27.6. The average Bonchev–Trinajstić information content (AvgIpc) is 2.83. The maximum absolute atomic E-state index is 13.7. The Bertz CT molecular complexity index is 1270. The zero-order valence-corrected chi connectivity index (χ0v) is 18.4. The van der Waals surface area contributed by atoms with Crippen LogP contribution < -0.4 is 10.2 Å². The monoisotopic (exact) mass is 440 g/mol. The quantitative estimate of drug-likeness (QED) is 0.444. The number of rotatable bonds is 7. The molecule has 0 radical (unpaired) electrons. The fourth-order valence-electron chi connectivity index (χ4n) is 3.88. The Hall–Kier alpha value is -3.99. The SMILES string of the molecule is CN(C(=O)C(Cc1ccccc1)NC(=O)Cc1ccc2ccccc2c1)c1cccc(F)c1. The summed E-state index contributed by atoms with van der Waals surface area (Å²) in [6, 6.07) is 28.4. The number of benzene rings is 4. The summed E-state index contributed by atoms with van der Waals surface area (Å²) in [7, 11) is 1.59. The van der Waals surface area contributed by atoms with E-state index < -0.39 is 11.9 Å². The van der Waals surface area contributed by atoms with Gasteiger partial charge in [-0.25, -0.2) is 4.39 Å². The van der Waals surface area contributed by atoms with Crippen molar-refractivity contribution in [1.29, 1.82) is 0 Å². The molecule has 0 aromatic heterocycles. The van der Waals surface area contributed by atoms with Gasteiger partial charge in [-0.2, -0.15) is 0 Å². The fourth-order valence-corrected chi connectivity index (χ4v) is 3.88. The minimum Gasteiger partial charge on any atom is -0.344 e. The van der Waals surface area contributed by atoms with E-state index >= 15 is 0 Å². The van der Waals surface area contributed by atoms with Crippen molar-refractivity contribution in [3.63, 3.8) is 0 Å². The number of nitrogens with one attached hydrogen (secondary N) is 1. The number of carbonyl (C=O) groups is 2. The van der Waals surface area contributed by atoms with Gasteiger partial charge in [-0.3, -0.25) is 9.59 Å². The van der Waals surface area contributed by atoms with Crippen LogP contribution in [0.2, 0.25) is 0 Å². The number of nitrogens with zero attached hydrogens (tertiary/aromatic N) is 1. The maximum Gasteiger partial charge on any atom is 0.249 e. The number of anilines is 1. The van der Waals surface area contributed by atoms with Gasteiger partial charge in [0.15, 0.2) is 0 Å². The molecule has 1 unspecified atom stereocenters. The molecule has 166 valence electrons. The first-order chi connectivity index (χ1) is 16.0. The Balaban J connectivity index is 1.53. The topological polar surface area (TPSA) is 49.4 Å². The number of carbonyl (C=O) groups excluding carboxylic acids is 2. The van der Waals surface area contributed by atoms with Crippen LogP contribution in [0.3, 0.4) is 0 Å². The number of hydrogen-bond acceptors (Lipinski definition) is 2. The molecule has 4 aromatic carbocycles. The first kappa shape index (κ1) is 22.2. The lowest BCUT2D eigenvalue weighted by Crippen LogP contribution is -2.49. The minimum atomic E-state index is -0.784. The van der Waals surface area contributed by atoms with Gasteiger partial charge in [0.05, 0.1) is 6.42 Å². The van der Waals surface area contributed by atoms with Crippen molar-refractivity contribution in [2.75, 3.05) is 11.9 Å². The van der Waals surface area contributed by atoms with Gasteiger partial charge >= 0.3 is 0 Å². The normalized spacial score (nSPS) is 11.7. The molecule has 0 aliphatic carbocycles. The molecule has 0 bridgehead atoms. The Morgan fingerprint density at radius 2 is 1.55 bits per heavy atom. The van der Waals surface area contributed by atoms with Gasteiger partial charge in [0.25, 0.3) is 0 Å². The molecule has 5 heteroatoms. The van der Waals surface area contributed by atoms with Gasteiger partial charge in [0.2, 0.25) is 11.8 Å². The van der Waals surface area contributed by atoms with E-state index in [1.54, 1.807) is 19.2 Å². The maximum atomic E-state index is 13.7. The third-order valence-electron chi connectivity index (χ3n) is 5.62. The Kier molecular flexibility index (Phi) is 6.79. The van der Waals surface area contributed by atoms with E-state index in [9.17, 15) is 14.0 Å². The van der Waals surface area contributed by atoms with Gasteiger partial charge in [0.1, 0.15) is 11.9 Å². The van der Waals surface area contributed by atoms with Crippen LogP contribution in [-0.4, -0.2) is 24.9 Å². The van der Waals surface area contributed by atoms with E-state index in [1.165, 1.54) is 17.0 Å². The Labute approximate surface area is 192 Å². The lowest BCUT2D eigenvalue weighted by atomic mass is 10.0. The summed E-state index contributed by atoms with van der Waals surface area (Å²) in [5.74, 6) is -0.976. The van der Waals surface area contributed by atoms with Crippen LogP contribution in [0.15, 0.2) is 97.1 Å². The van der Waals surface area contributed by atoms with Crippen LogP contribution in [0, 0.1) is 5.82 Å². The zero-order valence-electron chi connectivity index (χ0n) is 18.4. The highest BCUT2D eigenvalue weighted by atomic mass is 19.1. The van der Waals surface area contributed by atoms with Crippen LogP contribution >= 0.6 is 0 Å². The van der Waals surface area contributed by atoms with Crippen molar-refractivity contribution in [3.05, 3.63) is 114 Å². The highest BCUT2D eigenvalue weighted by Gasteiger charge is 2.25. The van der Waals surface area contributed by atoms with Crippen molar-refractivity contribution in [3.8, 4) is 0 Å². The molecule has 0 spiro atoms. The van der Waals surface area contributed by atoms with Gasteiger partial charge < -0.3 is 10.2 Å². The molecule has 1 atom stereocenters. The lowest BCUT2D eigenvalue weighted by molar-refractivity contribution is -0.127. The number of likely N-dealkylation sites (N-methyl/N-ethyl adjacent to an activating group) is 1. The third-order valence-corrected chi connectivity index (χ3v) is 5.62. The smallest absolute Gasteiger partial charge is 0.249 e. The summed E-state index contributed by atoms with van der Waals surface area (Å²) in [5, 5.41) is 5.07. The highest BCUT2D eigenvalue weighted by Crippen LogP contribution is 2.18. The van der Waals surface area contributed by atoms with Gasteiger partial charge in [-0.1, -0.05) is 78.9 Å². The second-order valence-corrected chi connectivity index (χ2v) is 8.05. The predicted molar refractivity (Wildman–Crippen MR) is 130 cm³/mol. The van der Waals surface area contributed by atoms with Gasteiger partial charge in [-0.15, -0.1) is 0 Å². The summed E-state index contributed by atoms with van der Waals surface area (Å²) in [5.41, 5.74) is 2.23. The molecular weight excluding hydrogens is 415 g/mol. The number of amides is 2. The van der Waals surface area contributed by atoms with E-state index in [1.807, 2.05) is 72.8 Å². The lowest BCUT2D eigenvalue weighted by Gasteiger charge is -2.25. The molecule has 0 aliphatic rings. The minimum absolute atomic E-state index is 0.160. The van der Waals surface area contributed by atoms with E-state index in [4.69, 9.17) is 0 Å². The third kappa shape index (κ3) is 5.63. The number of hydrogen-bond donors (Lipinski definition) is 1. The molecule has 33 heavy (non-hydrogen) atoms. The Morgan fingerprint density at radius 3 is 2.30 bits per heavy atom. The zero-order chi connectivity index (χ0) is 23.2. The van der Waals surface area contributed by atoms with Crippen LogP contribution in [0.4, 0.5) is 10.1 Å². The van der Waals surface area contributed by atoms with E-state index in [-0.39, 0.29) is 18.2 Å². The molecule has 0 saturated carbocycles. The number of halogens is 1. The fraction of sp³-hybridized carbons (Fsp3) is 0.143. The molecule has 4 nitrogen and oxygen atoms in total. The van der Waals surface area contributed by atoms with E-state index in [0.717, 1.165) is 21.9 Å². The first-order valence-electron chi connectivity index (χ1n) is 10.8. The molecule has 2 amide bonds. The Morgan fingerprint density at radius 1 is 0.818 bits per heavy atom. The summed E-state index contributed by atoms with van der Waals surface area (Å²) < 4.78 is 13.7. The van der Waals surface area contributed by atoms with Crippen LogP contribution in [0.25, 0.3) is 10.8 Å². The second-order valence-electron chi connectivity index (χ2n) is 8.05. The summed E-state index contributed by atoms with van der Waals surface area (Å²) in [6.07, 6.45) is 0.496. The van der Waals surface area contributed by atoms with Crippen LogP contribution in [-0.2, 0) is 22.4 Å². The second kappa shape index (κ2) is 10.1. The predicted octanol–water partition coefficient (Wildman–Crippen LogP) is 4.91. The number of fused-ring (bicyclic) bond motifs is 1. The van der Waals surface area contributed by atoms with Crippen LogP contribution in [0.1, 0.15) is 11.1 Å². The van der Waals surface area contributed by atoms with Crippen molar-refractivity contribution >= 4 is 28.3 Å². The molecule has 4 rings (SSSR count). The van der Waals surface area contributed by atoms with Crippen molar-refractivity contribution < 1.29 is 14.0 Å². The summed E-state index contributed by atoms with van der Waals surface area (Å²) in [6.45, 7) is 0. The van der Waals surface area contributed by atoms with Crippen LogP contribution in [0.5, 0.6) is 0 Å². The first-order valence-corrected chi connectivity index (χ1v) is 10.8. The van der Waals surface area contributed by atoms with Gasteiger partial charge in [-0.05, 0) is 40.1 Å². The molecule has 1 N–H and O–H groups in total. The van der Waals surface area contributed by atoms with Crippen molar-refractivity contribution in [2.45, 2.75) is 18.9 Å². The summed E-state index contributed by atoms with van der Waals surface area (Å²) >= 11 is 0. The van der Waals surface area contributed by atoms with Crippen molar-refractivity contribution in [1.82, 2.24) is 5.32 Å². The molecule has 0 fully saturated rings. The van der Waals surface area contributed by atoms with Gasteiger partial charge in [0, 0.05) is 19.2 Å². The standard InChI is InChI=1S/C28H25FN2O2/c1-31(25-13-7-12-24(29)19-25)28(33)26(17-20-8-3-2-4-9-20)30-27(32)18-21-14-15-22-10-5-6-11-23(22)16-21/h2-16,19,26H,17-18H2,1H3,(H,30,32). The average molecular weight is 441 g/mol. The molecular formula is C28H25FN2O2. The van der Waals surface area contributed by atoms with E-state index in [0.29, 0.717) is 12.1 Å². The molecule has 0 aliphatic heterocycles. The molecule has 0 heterocycles. The highest BCUT2D eigenvalue weighted by molar-refractivity contribution is 5.99. The van der Waals surface area contributed by atoms with E-state index in [2.05, 4.69) is 5.32 Å².